The quantitative estimate of drug-likeness (QED) is 0.755. The lowest BCUT2D eigenvalue weighted by Crippen LogP contribution is -2.47. The van der Waals surface area contributed by atoms with Crippen molar-refractivity contribution in [1.82, 2.24) is 10.0 Å². The smallest absolute Gasteiger partial charge is 0.237 e. The molecule has 0 unspecified atom stereocenters. The van der Waals surface area contributed by atoms with E-state index in [1.165, 1.54) is 19.1 Å². The van der Waals surface area contributed by atoms with E-state index >= 15 is 0 Å². The number of sulfonamides is 1. The average Bonchev–Trinajstić information content (AvgIpc) is 3.26. The van der Waals surface area contributed by atoms with Gasteiger partial charge in [-0.15, -0.1) is 0 Å². The molecular formula is C16H23FN2O3S. The Morgan fingerprint density at radius 1 is 1.30 bits per heavy atom. The maximum atomic E-state index is 13.0. The normalized spacial score (nSPS) is 17.5. The van der Waals surface area contributed by atoms with Gasteiger partial charge in [-0.3, -0.25) is 4.79 Å². The van der Waals surface area contributed by atoms with E-state index in [1.54, 1.807) is 19.1 Å². The Labute approximate surface area is 136 Å². The van der Waals surface area contributed by atoms with Crippen molar-refractivity contribution >= 4 is 15.9 Å². The molecule has 0 radical (unpaired) electrons. The van der Waals surface area contributed by atoms with Crippen molar-refractivity contribution in [1.29, 1.82) is 0 Å². The van der Waals surface area contributed by atoms with Crippen LogP contribution in [0.5, 0.6) is 0 Å². The highest BCUT2D eigenvalue weighted by molar-refractivity contribution is 7.89. The summed E-state index contributed by atoms with van der Waals surface area (Å²) >= 11 is 0. The number of hydrogen-bond acceptors (Lipinski definition) is 3. The molecule has 1 fully saturated rings. The maximum Gasteiger partial charge on any atom is 0.237 e. The molecule has 1 atom stereocenters. The van der Waals surface area contributed by atoms with Crippen LogP contribution in [0.4, 0.5) is 4.39 Å². The lowest BCUT2D eigenvalue weighted by molar-refractivity contribution is -0.122. The van der Waals surface area contributed by atoms with Gasteiger partial charge in [0.1, 0.15) is 5.82 Å². The van der Waals surface area contributed by atoms with Crippen LogP contribution in [0.3, 0.4) is 0 Å². The summed E-state index contributed by atoms with van der Waals surface area (Å²) in [4.78, 5) is 12.1. The minimum atomic E-state index is -3.42. The van der Waals surface area contributed by atoms with Gasteiger partial charge in [0.05, 0.1) is 11.8 Å². The van der Waals surface area contributed by atoms with Gasteiger partial charge in [-0.05, 0) is 43.9 Å². The number of hydrogen-bond donors (Lipinski definition) is 2. The fourth-order valence-electron chi connectivity index (χ4n) is 2.58. The Morgan fingerprint density at radius 3 is 2.43 bits per heavy atom. The third-order valence-electron chi connectivity index (χ3n) is 4.13. The van der Waals surface area contributed by atoms with E-state index in [9.17, 15) is 17.6 Å². The first-order valence-corrected chi connectivity index (χ1v) is 9.47. The molecule has 0 spiro atoms. The zero-order valence-electron chi connectivity index (χ0n) is 13.4. The van der Waals surface area contributed by atoms with Crippen molar-refractivity contribution < 1.29 is 17.6 Å². The Morgan fingerprint density at radius 2 is 1.91 bits per heavy atom. The van der Waals surface area contributed by atoms with Gasteiger partial charge in [-0.1, -0.05) is 19.1 Å². The number of halogens is 1. The second-order valence-electron chi connectivity index (χ2n) is 6.16. The molecule has 1 saturated carbocycles. The second kappa shape index (κ2) is 6.97. The molecule has 0 heterocycles. The molecule has 7 heteroatoms. The standard InChI is InChI=1S/C16H23FN2O3S/c1-3-10-23(21,22)19-12(2)15(20)18-11-16(8-9-16)13-4-6-14(17)7-5-13/h4-7,12,19H,3,8-11H2,1-2H3,(H,18,20)/t12-/m1/s1. The van der Waals surface area contributed by atoms with Crippen molar-refractivity contribution in [2.75, 3.05) is 12.3 Å². The molecule has 0 aromatic heterocycles. The molecule has 5 nitrogen and oxygen atoms in total. The van der Waals surface area contributed by atoms with E-state index in [0.717, 1.165) is 18.4 Å². The number of carbonyl (C=O) groups excluding carboxylic acids is 1. The zero-order chi connectivity index (χ0) is 17.1. The Balaban J connectivity index is 1.90. The molecule has 0 saturated heterocycles. The van der Waals surface area contributed by atoms with Crippen LogP contribution < -0.4 is 10.0 Å². The molecule has 0 bridgehead atoms. The number of benzene rings is 1. The number of rotatable bonds is 8. The van der Waals surface area contributed by atoms with E-state index in [2.05, 4.69) is 10.0 Å². The van der Waals surface area contributed by atoms with Crippen LogP contribution in [-0.2, 0) is 20.2 Å². The van der Waals surface area contributed by atoms with Gasteiger partial charge in [-0.25, -0.2) is 17.5 Å². The predicted octanol–water partition coefficient (Wildman–Crippen LogP) is 1.69. The molecule has 0 aliphatic heterocycles. The molecule has 128 valence electrons. The summed E-state index contributed by atoms with van der Waals surface area (Å²) in [5.74, 6) is -0.630. The Bertz CT molecular complexity index is 654. The number of amides is 1. The van der Waals surface area contributed by atoms with Gasteiger partial charge in [0.2, 0.25) is 15.9 Å². The lowest BCUT2D eigenvalue weighted by Gasteiger charge is -2.19. The third kappa shape index (κ3) is 4.75. The predicted molar refractivity (Wildman–Crippen MR) is 87.0 cm³/mol. The Hall–Kier alpha value is -1.47. The fraction of sp³-hybridized carbons (Fsp3) is 0.562. The van der Waals surface area contributed by atoms with Crippen LogP contribution in [0.15, 0.2) is 24.3 Å². The number of carbonyl (C=O) groups is 1. The average molecular weight is 342 g/mol. The van der Waals surface area contributed by atoms with Gasteiger partial charge in [0.15, 0.2) is 0 Å². The summed E-state index contributed by atoms with van der Waals surface area (Å²) in [6.45, 7) is 3.72. The van der Waals surface area contributed by atoms with E-state index in [-0.39, 0.29) is 22.9 Å². The lowest BCUT2D eigenvalue weighted by atomic mass is 9.96. The summed E-state index contributed by atoms with van der Waals surface area (Å²) in [5, 5.41) is 2.80. The minimum absolute atomic E-state index is 0.00410. The summed E-state index contributed by atoms with van der Waals surface area (Å²) in [7, 11) is -3.42. The van der Waals surface area contributed by atoms with Crippen molar-refractivity contribution in [3.05, 3.63) is 35.6 Å². The van der Waals surface area contributed by atoms with E-state index in [4.69, 9.17) is 0 Å². The fourth-order valence-corrected chi connectivity index (χ4v) is 3.88. The second-order valence-corrected chi connectivity index (χ2v) is 8.04. The Kier molecular flexibility index (Phi) is 5.41. The molecular weight excluding hydrogens is 319 g/mol. The van der Waals surface area contributed by atoms with Crippen molar-refractivity contribution in [2.45, 2.75) is 44.6 Å². The van der Waals surface area contributed by atoms with Gasteiger partial charge in [-0.2, -0.15) is 0 Å². The SMILES string of the molecule is CCCS(=O)(=O)N[C@H](C)C(=O)NCC1(c2ccc(F)cc2)CC1. The van der Waals surface area contributed by atoms with Gasteiger partial charge < -0.3 is 5.32 Å². The van der Waals surface area contributed by atoms with Crippen LogP contribution in [0, 0.1) is 5.82 Å². The molecule has 1 aromatic carbocycles. The minimum Gasteiger partial charge on any atom is -0.354 e. The molecule has 23 heavy (non-hydrogen) atoms. The topological polar surface area (TPSA) is 75.3 Å². The highest BCUT2D eigenvalue weighted by Crippen LogP contribution is 2.47. The highest BCUT2D eigenvalue weighted by atomic mass is 32.2. The van der Waals surface area contributed by atoms with Crippen molar-refractivity contribution in [3.63, 3.8) is 0 Å². The van der Waals surface area contributed by atoms with Crippen molar-refractivity contribution in [2.24, 2.45) is 0 Å². The molecule has 1 amide bonds. The molecule has 2 rings (SSSR count). The third-order valence-corrected chi connectivity index (χ3v) is 5.79. The van der Waals surface area contributed by atoms with E-state index < -0.39 is 16.1 Å². The molecule has 1 aliphatic rings. The van der Waals surface area contributed by atoms with Crippen LogP contribution in [-0.4, -0.2) is 32.7 Å². The monoisotopic (exact) mass is 342 g/mol. The summed E-state index contributed by atoms with van der Waals surface area (Å²) < 4.78 is 38.7. The summed E-state index contributed by atoms with van der Waals surface area (Å²) in [6.07, 6.45) is 2.35. The number of nitrogens with one attached hydrogen (secondary N) is 2. The zero-order valence-corrected chi connectivity index (χ0v) is 14.2. The van der Waals surface area contributed by atoms with Gasteiger partial charge in [0, 0.05) is 12.0 Å². The molecule has 2 N–H and O–H groups in total. The largest absolute Gasteiger partial charge is 0.354 e. The summed E-state index contributed by atoms with van der Waals surface area (Å²) in [5.41, 5.74) is 0.851. The van der Waals surface area contributed by atoms with Crippen LogP contribution in [0.1, 0.15) is 38.7 Å². The molecule has 1 aromatic rings. The van der Waals surface area contributed by atoms with E-state index in [0.29, 0.717) is 13.0 Å². The van der Waals surface area contributed by atoms with Crippen molar-refractivity contribution in [3.8, 4) is 0 Å². The molecule has 1 aliphatic carbocycles. The first kappa shape index (κ1) is 17.9. The van der Waals surface area contributed by atoms with Gasteiger partial charge >= 0.3 is 0 Å². The van der Waals surface area contributed by atoms with Crippen LogP contribution in [0.2, 0.25) is 0 Å². The highest BCUT2D eigenvalue weighted by Gasteiger charge is 2.44. The maximum absolute atomic E-state index is 13.0. The first-order chi connectivity index (χ1) is 10.8. The van der Waals surface area contributed by atoms with Crippen LogP contribution in [0.25, 0.3) is 0 Å². The summed E-state index contributed by atoms with van der Waals surface area (Å²) in [6, 6.07) is 5.50. The van der Waals surface area contributed by atoms with Gasteiger partial charge in [0.25, 0.3) is 0 Å². The first-order valence-electron chi connectivity index (χ1n) is 7.82. The van der Waals surface area contributed by atoms with Crippen LogP contribution >= 0.6 is 0 Å². The van der Waals surface area contributed by atoms with E-state index in [1.807, 2.05) is 0 Å².